The van der Waals surface area contributed by atoms with E-state index in [1.165, 1.54) is 0 Å². The maximum atomic E-state index is 12.6. The molecule has 6 nitrogen and oxygen atoms in total. The summed E-state index contributed by atoms with van der Waals surface area (Å²) in [6.45, 7) is 4.38. The van der Waals surface area contributed by atoms with Gasteiger partial charge in [0.15, 0.2) is 0 Å². The fraction of sp³-hybridized carbons (Fsp3) is 0.615. The fourth-order valence-corrected chi connectivity index (χ4v) is 2.08. The van der Waals surface area contributed by atoms with Crippen LogP contribution in [0.4, 0.5) is 18.0 Å². The van der Waals surface area contributed by atoms with Gasteiger partial charge in [0.05, 0.1) is 25.3 Å². The molecule has 22 heavy (non-hydrogen) atoms. The van der Waals surface area contributed by atoms with E-state index in [0.29, 0.717) is 13.2 Å². The lowest BCUT2D eigenvalue weighted by Crippen LogP contribution is -2.53. The highest BCUT2D eigenvalue weighted by Crippen LogP contribution is 2.26. The minimum Gasteiger partial charge on any atom is -0.375 e. The van der Waals surface area contributed by atoms with E-state index in [1.807, 2.05) is 13.8 Å². The first-order valence-corrected chi connectivity index (χ1v) is 6.82. The normalized spacial score (nSPS) is 22.5. The summed E-state index contributed by atoms with van der Waals surface area (Å²) in [6, 6.07) is 0.319. The molecule has 0 radical (unpaired) electrons. The third-order valence-electron chi connectivity index (χ3n) is 3.26. The van der Waals surface area contributed by atoms with Crippen LogP contribution in [0.2, 0.25) is 0 Å². The van der Waals surface area contributed by atoms with E-state index in [2.05, 4.69) is 15.3 Å². The number of hydrogen-bond donors (Lipinski definition) is 1. The molecule has 1 aromatic heterocycles. The largest absolute Gasteiger partial charge is 0.433 e. The van der Waals surface area contributed by atoms with E-state index in [-0.39, 0.29) is 30.5 Å². The SMILES string of the molecule is CC1CN(C(=O)NCc2nccc(C(F)(F)F)n2)C(C)CO1. The standard InChI is InChI=1S/C13H17F3N4O2/c1-8-7-22-9(2)6-20(8)12(21)18-5-11-17-4-3-10(19-11)13(14,15)16/h3-4,8-9H,5-7H2,1-2H3,(H,18,21). The van der Waals surface area contributed by atoms with Crippen molar-refractivity contribution < 1.29 is 22.7 Å². The number of amides is 2. The third-order valence-corrected chi connectivity index (χ3v) is 3.26. The van der Waals surface area contributed by atoms with Crippen LogP contribution in [-0.2, 0) is 17.5 Å². The summed E-state index contributed by atoms with van der Waals surface area (Å²) in [4.78, 5) is 20.8. The molecule has 0 saturated carbocycles. The molecule has 0 bridgehead atoms. The monoisotopic (exact) mass is 318 g/mol. The number of urea groups is 1. The predicted octanol–water partition coefficient (Wildman–Crippen LogP) is 1.81. The number of ether oxygens (including phenoxy) is 1. The Morgan fingerprint density at radius 3 is 2.91 bits per heavy atom. The smallest absolute Gasteiger partial charge is 0.375 e. The number of carbonyl (C=O) groups is 1. The second kappa shape index (κ2) is 6.47. The number of hydrogen-bond acceptors (Lipinski definition) is 4. The Kier molecular flexibility index (Phi) is 4.84. The lowest BCUT2D eigenvalue weighted by molar-refractivity contribution is -0.141. The highest BCUT2D eigenvalue weighted by atomic mass is 19.4. The van der Waals surface area contributed by atoms with E-state index in [4.69, 9.17) is 4.74 Å². The van der Waals surface area contributed by atoms with Crippen molar-refractivity contribution in [1.82, 2.24) is 20.2 Å². The van der Waals surface area contributed by atoms with Crippen LogP contribution in [0.15, 0.2) is 12.3 Å². The Morgan fingerprint density at radius 1 is 1.50 bits per heavy atom. The number of carbonyl (C=O) groups excluding carboxylic acids is 1. The van der Waals surface area contributed by atoms with Gasteiger partial charge in [0, 0.05) is 12.7 Å². The molecule has 0 spiro atoms. The van der Waals surface area contributed by atoms with Crippen LogP contribution in [0.25, 0.3) is 0 Å². The molecule has 1 N–H and O–H groups in total. The van der Waals surface area contributed by atoms with Crippen LogP contribution in [0.5, 0.6) is 0 Å². The van der Waals surface area contributed by atoms with Crippen molar-refractivity contribution in [2.75, 3.05) is 13.2 Å². The zero-order chi connectivity index (χ0) is 16.3. The number of nitrogens with zero attached hydrogens (tertiary/aromatic N) is 3. The van der Waals surface area contributed by atoms with Gasteiger partial charge >= 0.3 is 12.2 Å². The molecule has 2 atom stereocenters. The average Bonchev–Trinajstić information content (AvgIpc) is 2.47. The first-order valence-electron chi connectivity index (χ1n) is 6.82. The van der Waals surface area contributed by atoms with Gasteiger partial charge in [-0.05, 0) is 19.9 Å². The van der Waals surface area contributed by atoms with Crippen LogP contribution >= 0.6 is 0 Å². The molecule has 0 aliphatic carbocycles. The number of halogens is 3. The molecular formula is C13H17F3N4O2. The summed E-state index contributed by atoms with van der Waals surface area (Å²) >= 11 is 0. The maximum Gasteiger partial charge on any atom is 0.433 e. The summed E-state index contributed by atoms with van der Waals surface area (Å²) in [7, 11) is 0. The Morgan fingerprint density at radius 2 is 2.23 bits per heavy atom. The summed E-state index contributed by atoms with van der Waals surface area (Å²) in [5.41, 5.74) is -1.03. The lowest BCUT2D eigenvalue weighted by Gasteiger charge is -2.36. The quantitative estimate of drug-likeness (QED) is 0.903. The molecule has 1 fully saturated rings. The molecule has 1 saturated heterocycles. The molecule has 0 aromatic carbocycles. The van der Waals surface area contributed by atoms with Gasteiger partial charge in [-0.15, -0.1) is 0 Å². The van der Waals surface area contributed by atoms with Crippen molar-refractivity contribution in [1.29, 1.82) is 0 Å². The Hall–Kier alpha value is -1.90. The Labute approximate surface area is 125 Å². The van der Waals surface area contributed by atoms with Gasteiger partial charge < -0.3 is 15.0 Å². The first-order chi connectivity index (χ1) is 10.3. The van der Waals surface area contributed by atoms with Crippen molar-refractivity contribution in [3.05, 3.63) is 23.8 Å². The summed E-state index contributed by atoms with van der Waals surface area (Å²) in [5, 5.41) is 2.54. The molecule has 2 amide bonds. The van der Waals surface area contributed by atoms with Crippen LogP contribution in [0, 0.1) is 0 Å². The number of nitrogens with one attached hydrogen (secondary N) is 1. The minimum absolute atomic E-state index is 0.0771. The fourth-order valence-electron chi connectivity index (χ4n) is 2.08. The molecular weight excluding hydrogens is 301 g/mol. The van der Waals surface area contributed by atoms with Gasteiger partial charge in [0.1, 0.15) is 11.5 Å². The zero-order valence-corrected chi connectivity index (χ0v) is 12.2. The average molecular weight is 318 g/mol. The molecule has 1 aliphatic heterocycles. The van der Waals surface area contributed by atoms with E-state index in [9.17, 15) is 18.0 Å². The second-order valence-corrected chi connectivity index (χ2v) is 5.16. The Bertz CT molecular complexity index is 538. The van der Waals surface area contributed by atoms with Gasteiger partial charge in [-0.3, -0.25) is 0 Å². The first kappa shape index (κ1) is 16.5. The van der Waals surface area contributed by atoms with E-state index >= 15 is 0 Å². The number of aromatic nitrogens is 2. The van der Waals surface area contributed by atoms with E-state index < -0.39 is 11.9 Å². The van der Waals surface area contributed by atoms with Crippen LogP contribution in [0.3, 0.4) is 0 Å². The molecule has 1 aliphatic rings. The number of morpholine rings is 1. The van der Waals surface area contributed by atoms with Gasteiger partial charge in [-0.25, -0.2) is 14.8 Å². The molecule has 2 rings (SSSR count). The molecule has 2 unspecified atom stereocenters. The Balaban J connectivity index is 1.96. The highest BCUT2D eigenvalue weighted by Gasteiger charge is 2.33. The van der Waals surface area contributed by atoms with Crippen LogP contribution in [-0.4, -0.2) is 46.2 Å². The second-order valence-electron chi connectivity index (χ2n) is 5.16. The molecule has 2 heterocycles. The predicted molar refractivity (Wildman–Crippen MR) is 70.9 cm³/mol. The minimum atomic E-state index is -4.53. The van der Waals surface area contributed by atoms with Gasteiger partial charge in [-0.1, -0.05) is 0 Å². The highest BCUT2D eigenvalue weighted by molar-refractivity contribution is 5.74. The summed E-state index contributed by atoms with van der Waals surface area (Å²) in [5.74, 6) is -0.0860. The van der Waals surface area contributed by atoms with Gasteiger partial charge in [0.2, 0.25) is 0 Å². The maximum absolute atomic E-state index is 12.6. The van der Waals surface area contributed by atoms with Crippen molar-refractivity contribution in [2.24, 2.45) is 0 Å². The topological polar surface area (TPSA) is 67.4 Å². The van der Waals surface area contributed by atoms with Crippen molar-refractivity contribution in [3.8, 4) is 0 Å². The van der Waals surface area contributed by atoms with Crippen LogP contribution in [0.1, 0.15) is 25.4 Å². The van der Waals surface area contributed by atoms with Gasteiger partial charge in [0.25, 0.3) is 0 Å². The summed E-state index contributed by atoms with van der Waals surface area (Å²) in [6.07, 6.45) is -3.58. The van der Waals surface area contributed by atoms with Crippen LogP contribution < -0.4 is 5.32 Å². The lowest BCUT2D eigenvalue weighted by atomic mass is 10.2. The number of alkyl halides is 3. The van der Waals surface area contributed by atoms with Crippen molar-refractivity contribution in [2.45, 2.75) is 38.7 Å². The van der Waals surface area contributed by atoms with E-state index in [0.717, 1.165) is 12.3 Å². The van der Waals surface area contributed by atoms with Gasteiger partial charge in [-0.2, -0.15) is 13.2 Å². The number of rotatable bonds is 2. The molecule has 122 valence electrons. The zero-order valence-electron chi connectivity index (χ0n) is 12.2. The van der Waals surface area contributed by atoms with Crippen molar-refractivity contribution in [3.63, 3.8) is 0 Å². The molecule has 9 heteroatoms. The molecule has 1 aromatic rings. The summed E-state index contributed by atoms with van der Waals surface area (Å²) < 4.78 is 43.1. The van der Waals surface area contributed by atoms with E-state index in [1.54, 1.807) is 4.90 Å². The third kappa shape index (κ3) is 4.06. The van der Waals surface area contributed by atoms with Crippen molar-refractivity contribution >= 4 is 6.03 Å².